The maximum absolute atomic E-state index is 12.8. The van der Waals surface area contributed by atoms with Gasteiger partial charge in [0.05, 0.1) is 0 Å². The number of para-hydroxylation sites is 1. The molecule has 0 atom stereocenters. The fourth-order valence-corrected chi connectivity index (χ4v) is 4.00. The lowest BCUT2D eigenvalue weighted by Crippen LogP contribution is -2.43. The predicted octanol–water partition coefficient (Wildman–Crippen LogP) is 3.95. The van der Waals surface area contributed by atoms with Gasteiger partial charge in [-0.3, -0.25) is 9.59 Å². The lowest BCUT2D eigenvalue weighted by molar-refractivity contribution is -0.135. The van der Waals surface area contributed by atoms with Crippen LogP contribution in [-0.2, 0) is 4.79 Å². The van der Waals surface area contributed by atoms with Crippen LogP contribution in [0.5, 0.6) is 11.5 Å². The number of nitrogens with zero attached hydrogens (tertiary/aromatic N) is 2. The highest BCUT2D eigenvalue weighted by Gasteiger charge is 2.31. The van der Waals surface area contributed by atoms with E-state index in [1.165, 1.54) is 0 Å². The lowest BCUT2D eigenvalue weighted by Gasteiger charge is -2.33. The summed E-state index contributed by atoms with van der Waals surface area (Å²) < 4.78 is 5.78. The van der Waals surface area contributed by atoms with Crippen LogP contribution in [0.1, 0.15) is 36.0 Å². The fourth-order valence-electron chi connectivity index (χ4n) is 4.00. The molecule has 0 unspecified atom stereocenters. The Bertz CT molecular complexity index is 806. The molecule has 0 bridgehead atoms. The van der Waals surface area contributed by atoms with Crippen LogP contribution in [0.3, 0.4) is 0 Å². The molecule has 0 saturated carbocycles. The Labute approximate surface area is 165 Å². The number of likely N-dealkylation sites (tertiary alicyclic amines) is 2. The molecule has 2 aliphatic rings. The van der Waals surface area contributed by atoms with Gasteiger partial charge in [0.25, 0.3) is 5.91 Å². The minimum Gasteiger partial charge on any atom is -0.457 e. The van der Waals surface area contributed by atoms with Gasteiger partial charge in [-0.15, -0.1) is 0 Å². The van der Waals surface area contributed by atoms with Crippen molar-refractivity contribution >= 4 is 11.8 Å². The number of piperidine rings is 1. The Morgan fingerprint density at radius 3 is 2.00 bits per heavy atom. The van der Waals surface area contributed by atoms with Crippen LogP contribution in [-0.4, -0.2) is 47.8 Å². The summed E-state index contributed by atoms with van der Waals surface area (Å²) in [5.41, 5.74) is 0.657. The molecular formula is C23H26N2O3. The van der Waals surface area contributed by atoms with Crippen LogP contribution in [0.4, 0.5) is 0 Å². The van der Waals surface area contributed by atoms with Crippen molar-refractivity contribution in [2.75, 3.05) is 26.2 Å². The predicted molar refractivity (Wildman–Crippen MR) is 107 cm³/mol. The van der Waals surface area contributed by atoms with E-state index in [-0.39, 0.29) is 17.7 Å². The zero-order valence-corrected chi connectivity index (χ0v) is 16.0. The molecule has 0 aromatic heterocycles. The minimum absolute atomic E-state index is 0.0262. The van der Waals surface area contributed by atoms with Gasteiger partial charge in [0, 0.05) is 37.7 Å². The molecule has 146 valence electrons. The quantitative estimate of drug-likeness (QED) is 0.809. The molecule has 2 aromatic carbocycles. The first kappa shape index (κ1) is 18.5. The molecule has 2 amide bonds. The van der Waals surface area contributed by atoms with E-state index in [2.05, 4.69) is 0 Å². The summed E-state index contributed by atoms with van der Waals surface area (Å²) in [6.07, 6.45) is 3.76. The van der Waals surface area contributed by atoms with E-state index in [9.17, 15) is 9.59 Å². The standard InChI is InChI=1S/C23H26N2O3/c26-22(18-8-10-21(11-9-18)28-20-6-2-1-3-7-20)25-16-12-19(13-17-25)23(27)24-14-4-5-15-24/h1-3,6-11,19H,4-5,12-17H2. The average Bonchev–Trinajstić information content (AvgIpc) is 3.29. The van der Waals surface area contributed by atoms with E-state index in [1.807, 2.05) is 64.4 Å². The summed E-state index contributed by atoms with van der Waals surface area (Å²) >= 11 is 0. The van der Waals surface area contributed by atoms with Gasteiger partial charge in [0.2, 0.25) is 5.91 Å². The lowest BCUT2D eigenvalue weighted by atomic mass is 9.95. The number of hydrogen-bond donors (Lipinski definition) is 0. The number of amides is 2. The van der Waals surface area contributed by atoms with Crippen molar-refractivity contribution in [3.8, 4) is 11.5 Å². The highest BCUT2D eigenvalue weighted by molar-refractivity contribution is 5.94. The van der Waals surface area contributed by atoms with Crippen molar-refractivity contribution in [3.63, 3.8) is 0 Å². The summed E-state index contributed by atoms with van der Waals surface area (Å²) in [5, 5.41) is 0. The zero-order chi connectivity index (χ0) is 19.3. The Kier molecular flexibility index (Phi) is 5.60. The van der Waals surface area contributed by atoms with Gasteiger partial charge in [-0.25, -0.2) is 0 Å². The van der Waals surface area contributed by atoms with E-state index in [4.69, 9.17) is 4.74 Å². The molecule has 2 heterocycles. The van der Waals surface area contributed by atoms with Gasteiger partial charge >= 0.3 is 0 Å². The molecule has 2 fully saturated rings. The van der Waals surface area contributed by atoms with Crippen LogP contribution in [0.25, 0.3) is 0 Å². The Morgan fingerprint density at radius 1 is 0.750 bits per heavy atom. The molecule has 0 radical (unpaired) electrons. The summed E-state index contributed by atoms with van der Waals surface area (Å²) in [6.45, 7) is 3.08. The zero-order valence-electron chi connectivity index (χ0n) is 16.0. The molecular weight excluding hydrogens is 352 g/mol. The van der Waals surface area contributed by atoms with Crippen LogP contribution in [0.2, 0.25) is 0 Å². The maximum Gasteiger partial charge on any atom is 0.253 e. The number of carbonyl (C=O) groups is 2. The van der Waals surface area contributed by atoms with E-state index in [0.29, 0.717) is 24.4 Å². The van der Waals surface area contributed by atoms with Gasteiger partial charge in [0.1, 0.15) is 11.5 Å². The van der Waals surface area contributed by atoms with Gasteiger partial charge in [-0.2, -0.15) is 0 Å². The molecule has 28 heavy (non-hydrogen) atoms. The third kappa shape index (κ3) is 4.19. The first-order valence-corrected chi connectivity index (χ1v) is 10.1. The molecule has 2 saturated heterocycles. The second-order valence-electron chi connectivity index (χ2n) is 7.54. The topological polar surface area (TPSA) is 49.9 Å². The summed E-state index contributed by atoms with van der Waals surface area (Å²) in [5.74, 6) is 1.86. The normalized spacial score (nSPS) is 17.6. The maximum atomic E-state index is 12.8. The van der Waals surface area contributed by atoms with Crippen molar-refractivity contribution in [1.82, 2.24) is 9.80 Å². The van der Waals surface area contributed by atoms with Gasteiger partial charge in [0.15, 0.2) is 0 Å². The van der Waals surface area contributed by atoms with E-state index in [0.717, 1.165) is 44.5 Å². The molecule has 0 spiro atoms. The van der Waals surface area contributed by atoms with Crippen molar-refractivity contribution in [2.45, 2.75) is 25.7 Å². The van der Waals surface area contributed by atoms with Crippen molar-refractivity contribution in [3.05, 3.63) is 60.2 Å². The number of hydrogen-bond acceptors (Lipinski definition) is 3. The molecule has 5 nitrogen and oxygen atoms in total. The van der Waals surface area contributed by atoms with E-state index in [1.54, 1.807) is 0 Å². The summed E-state index contributed by atoms with van der Waals surface area (Å²) in [6, 6.07) is 16.8. The smallest absolute Gasteiger partial charge is 0.253 e. The molecule has 0 aliphatic carbocycles. The highest BCUT2D eigenvalue weighted by atomic mass is 16.5. The van der Waals surface area contributed by atoms with Crippen molar-refractivity contribution in [1.29, 1.82) is 0 Å². The third-order valence-electron chi connectivity index (χ3n) is 5.63. The van der Waals surface area contributed by atoms with Crippen molar-refractivity contribution in [2.24, 2.45) is 5.92 Å². The molecule has 0 N–H and O–H groups in total. The SMILES string of the molecule is O=C(c1ccc(Oc2ccccc2)cc1)N1CCC(C(=O)N2CCCC2)CC1. The van der Waals surface area contributed by atoms with Gasteiger partial charge < -0.3 is 14.5 Å². The number of ether oxygens (including phenoxy) is 1. The summed E-state index contributed by atoms with van der Waals surface area (Å²) in [7, 11) is 0. The Balaban J connectivity index is 1.31. The first-order chi connectivity index (χ1) is 13.7. The minimum atomic E-state index is 0.0262. The van der Waals surface area contributed by atoms with Crippen LogP contribution >= 0.6 is 0 Å². The number of rotatable bonds is 4. The number of benzene rings is 2. The fraction of sp³-hybridized carbons (Fsp3) is 0.391. The van der Waals surface area contributed by atoms with E-state index < -0.39 is 0 Å². The number of carbonyl (C=O) groups excluding carboxylic acids is 2. The molecule has 2 aromatic rings. The van der Waals surface area contributed by atoms with Crippen LogP contribution < -0.4 is 4.74 Å². The second kappa shape index (κ2) is 8.46. The monoisotopic (exact) mass is 378 g/mol. The van der Waals surface area contributed by atoms with Gasteiger partial charge in [-0.1, -0.05) is 18.2 Å². The van der Waals surface area contributed by atoms with Crippen LogP contribution in [0.15, 0.2) is 54.6 Å². The highest BCUT2D eigenvalue weighted by Crippen LogP contribution is 2.25. The molecule has 5 heteroatoms. The largest absolute Gasteiger partial charge is 0.457 e. The Morgan fingerprint density at radius 2 is 1.36 bits per heavy atom. The van der Waals surface area contributed by atoms with Crippen molar-refractivity contribution < 1.29 is 14.3 Å². The summed E-state index contributed by atoms with van der Waals surface area (Å²) in [4.78, 5) is 29.2. The molecule has 4 rings (SSSR count). The van der Waals surface area contributed by atoms with Gasteiger partial charge in [-0.05, 0) is 62.1 Å². The second-order valence-corrected chi connectivity index (χ2v) is 7.54. The third-order valence-corrected chi connectivity index (χ3v) is 5.63. The van der Waals surface area contributed by atoms with E-state index >= 15 is 0 Å². The Hall–Kier alpha value is -2.82. The van der Waals surface area contributed by atoms with Crippen LogP contribution in [0, 0.1) is 5.92 Å². The molecule has 2 aliphatic heterocycles. The first-order valence-electron chi connectivity index (χ1n) is 10.1. The average molecular weight is 378 g/mol.